The molecule has 0 unspecified atom stereocenters. The number of benzene rings is 1. The van der Waals surface area contributed by atoms with E-state index in [1.807, 2.05) is 0 Å². The van der Waals surface area contributed by atoms with Crippen molar-refractivity contribution >= 4 is 0 Å². The minimum absolute atomic E-state index is 0. The molecule has 0 saturated heterocycles. The summed E-state index contributed by atoms with van der Waals surface area (Å²) in [5.74, 6) is 0. The van der Waals surface area contributed by atoms with Gasteiger partial charge in [0.05, 0.1) is 11.4 Å². The Kier molecular flexibility index (Phi) is 7.01. The van der Waals surface area contributed by atoms with Crippen molar-refractivity contribution in [2.24, 2.45) is 0 Å². The van der Waals surface area contributed by atoms with E-state index in [2.05, 4.69) is 93.8 Å². The van der Waals surface area contributed by atoms with Crippen LogP contribution >= 0.6 is 0 Å². The van der Waals surface area contributed by atoms with Gasteiger partial charge >= 0.3 is 0 Å². The third-order valence-corrected chi connectivity index (χ3v) is 5.44. The van der Waals surface area contributed by atoms with Crippen LogP contribution in [0.1, 0.15) is 95.1 Å². The molecule has 0 aliphatic heterocycles. The molecule has 2 rings (SSSR count). The van der Waals surface area contributed by atoms with E-state index >= 15 is 0 Å². The van der Waals surface area contributed by atoms with Gasteiger partial charge in [-0.3, -0.25) is 4.68 Å². The van der Waals surface area contributed by atoms with Gasteiger partial charge in [-0.1, -0.05) is 47.6 Å². The van der Waals surface area contributed by atoms with Gasteiger partial charge in [-0.25, -0.2) is 0 Å². The average molecular weight is 461 g/mol. The summed E-state index contributed by atoms with van der Waals surface area (Å²) in [4.78, 5) is 0. The quantitative estimate of drug-likeness (QED) is 0.443. The Bertz CT molecular complexity index is 802. The van der Waals surface area contributed by atoms with E-state index in [-0.39, 0.29) is 31.3 Å². The van der Waals surface area contributed by atoms with Crippen molar-refractivity contribution in [1.29, 1.82) is 0 Å². The zero-order valence-electron chi connectivity index (χ0n) is 19.4. The van der Waals surface area contributed by atoms with Crippen LogP contribution in [0, 0.1) is 27.7 Å². The molecule has 0 spiro atoms. The van der Waals surface area contributed by atoms with Crippen LogP contribution in [0.3, 0.4) is 0 Å². The zero-order chi connectivity index (χ0) is 20.2. The Hall–Kier alpha value is -0.908. The van der Waals surface area contributed by atoms with Crippen molar-refractivity contribution in [2.45, 2.75) is 100.0 Å². The first kappa shape index (κ1) is 24.1. The molecular formula is C24H38N2Pd. The fourth-order valence-corrected chi connectivity index (χ4v) is 3.88. The summed E-state index contributed by atoms with van der Waals surface area (Å²) in [5.41, 5.74) is 10.8. The van der Waals surface area contributed by atoms with E-state index in [1.165, 1.54) is 44.8 Å². The van der Waals surface area contributed by atoms with Gasteiger partial charge in [0.25, 0.3) is 0 Å². The van der Waals surface area contributed by atoms with Crippen molar-refractivity contribution in [2.75, 3.05) is 0 Å². The first-order chi connectivity index (χ1) is 11.7. The van der Waals surface area contributed by atoms with Gasteiger partial charge < -0.3 is 0 Å². The molecule has 0 bridgehead atoms. The molecule has 0 aliphatic rings. The molecule has 0 atom stereocenters. The van der Waals surface area contributed by atoms with Gasteiger partial charge in [-0.2, -0.15) is 5.10 Å². The van der Waals surface area contributed by atoms with Crippen molar-refractivity contribution in [3.63, 3.8) is 0 Å². The van der Waals surface area contributed by atoms with E-state index in [4.69, 9.17) is 5.10 Å². The van der Waals surface area contributed by atoms with Gasteiger partial charge in [-0.05, 0) is 69.4 Å². The van der Waals surface area contributed by atoms with Crippen molar-refractivity contribution in [3.8, 4) is 11.1 Å². The minimum Gasteiger partial charge on any atom is -0.266 e. The number of hydrogen-bond donors (Lipinski definition) is 0. The summed E-state index contributed by atoms with van der Waals surface area (Å²) in [6.45, 7) is 27.2. The van der Waals surface area contributed by atoms with Crippen LogP contribution in [0.5, 0.6) is 0 Å². The predicted octanol–water partition coefficient (Wildman–Crippen LogP) is 6.96. The monoisotopic (exact) mass is 460 g/mol. The van der Waals surface area contributed by atoms with Crippen LogP contribution < -0.4 is 0 Å². The number of aryl methyl sites for hydroxylation is 2. The zero-order valence-corrected chi connectivity index (χ0v) is 20.9. The Balaban J connectivity index is 0.00000364. The summed E-state index contributed by atoms with van der Waals surface area (Å²) in [6, 6.07) is 2.65. The van der Waals surface area contributed by atoms with E-state index in [0.29, 0.717) is 6.04 Å². The average Bonchev–Trinajstić information content (AvgIpc) is 2.86. The summed E-state index contributed by atoms with van der Waals surface area (Å²) < 4.78 is 2.27. The Morgan fingerprint density at radius 3 is 1.56 bits per heavy atom. The molecule has 0 fully saturated rings. The van der Waals surface area contributed by atoms with Crippen LogP contribution in [-0.4, -0.2) is 9.78 Å². The summed E-state index contributed by atoms with van der Waals surface area (Å²) >= 11 is 0. The number of hydrogen-bond acceptors (Lipinski definition) is 1. The normalized spacial score (nSPS) is 12.5. The smallest absolute Gasteiger partial charge is 0.0759 e. The third kappa shape index (κ3) is 4.41. The maximum Gasteiger partial charge on any atom is 0.0759 e. The maximum atomic E-state index is 5.18. The van der Waals surface area contributed by atoms with Crippen LogP contribution in [-0.2, 0) is 31.3 Å². The van der Waals surface area contributed by atoms with Crippen molar-refractivity contribution < 1.29 is 20.4 Å². The van der Waals surface area contributed by atoms with E-state index in [0.717, 1.165) is 0 Å². The summed E-state index contributed by atoms with van der Waals surface area (Å²) in [5, 5.41) is 5.18. The second-order valence-corrected chi connectivity index (χ2v) is 10.2. The van der Waals surface area contributed by atoms with E-state index in [9.17, 15) is 0 Å². The van der Waals surface area contributed by atoms with Gasteiger partial charge in [0.2, 0.25) is 0 Å². The molecule has 0 saturated carbocycles. The molecule has 1 aromatic heterocycles. The molecule has 27 heavy (non-hydrogen) atoms. The molecule has 0 N–H and O–H groups in total. The molecule has 0 aliphatic carbocycles. The van der Waals surface area contributed by atoms with Gasteiger partial charge in [0.1, 0.15) is 0 Å². The van der Waals surface area contributed by atoms with Gasteiger partial charge in [-0.15, -0.1) is 0 Å². The second-order valence-electron chi connectivity index (χ2n) is 10.2. The van der Waals surface area contributed by atoms with Crippen LogP contribution in [0.15, 0.2) is 6.07 Å². The number of rotatable bonds is 2. The van der Waals surface area contributed by atoms with E-state index < -0.39 is 0 Å². The van der Waals surface area contributed by atoms with Crippen LogP contribution in [0.25, 0.3) is 11.1 Å². The standard InChI is InChI=1S/C24H38N2.Pd/c1-14(2)26-22(24(10,11)12)20(21(25-26)23(7,8)9)19-17(5)15(3)13-16(4)18(19)6;/h13-14H,1-12H3;. The van der Waals surface area contributed by atoms with Crippen LogP contribution in [0.4, 0.5) is 0 Å². The third-order valence-electron chi connectivity index (χ3n) is 5.44. The van der Waals surface area contributed by atoms with Crippen molar-refractivity contribution in [1.82, 2.24) is 9.78 Å². The minimum atomic E-state index is -0.00793. The molecule has 0 radical (unpaired) electrons. The fourth-order valence-electron chi connectivity index (χ4n) is 3.88. The molecular weight excluding hydrogens is 423 g/mol. The molecule has 1 aromatic carbocycles. The molecule has 154 valence electrons. The van der Waals surface area contributed by atoms with Crippen molar-refractivity contribution in [3.05, 3.63) is 39.7 Å². The molecule has 3 heteroatoms. The predicted molar refractivity (Wildman–Crippen MR) is 114 cm³/mol. The van der Waals surface area contributed by atoms with E-state index in [1.54, 1.807) is 0 Å². The Labute approximate surface area is 180 Å². The molecule has 0 amide bonds. The Morgan fingerprint density at radius 2 is 1.22 bits per heavy atom. The number of nitrogens with zero attached hydrogens (tertiary/aromatic N) is 2. The summed E-state index contributed by atoms with van der Waals surface area (Å²) in [7, 11) is 0. The summed E-state index contributed by atoms with van der Waals surface area (Å²) in [6.07, 6.45) is 0. The first-order valence-electron chi connectivity index (χ1n) is 9.89. The Morgan fingerprint density at radius 1 is 0.778 bits per heavy atom. The topological polar surface area (TPSA) is 17.8 Å². The molecule has 2 aromatic rings. The van der Waals surface area contributed by atoms with Gasteiger partial charge in [0, 0.05) is 42.9 Å². The fraction of sp³-hybridized carbons (Fsp3) is 0.625. The molecule has 2 nitrogen and oxygen atoms in total. The maximum absolute atomic E-state index is 5.18. The largest absolute Gasteiger partial charge is 0.266 e. The first-order valence-corrected chi connectivity index (χ1v) is 9.89. The van der Waals surface area contributed by atoms with Gasteiger partial charge in [0.15, 0.2) is 0 Å². The molecule has 1 heterocycles. The number of aromatic nitrogens is 2. The second kappa shape index (κ2) is 7.84. The SMILES string of the molecule is Cc1cc(C)c(C)c(-c2c(C(C)(C)C)nn(C(C)C)c2C(C)(C)C)c1C.[Pd]. The van der Waals surface area contributed by atoms with Crippen LogP contribution in [0.2, 0.25) is 0 Å².